The lowest BCUT2D eigenvalue weighted by Crippen LogP contribution is -2.25. The maximum atomic E-state index is 9.83. The van der Waals surface area contributed by atoms with E-state index in [4.69, 9.17) is 4.74 Å². The molecule has 0 fully saturated rings. The van der Waals surface area contributed by atoms with Crippen LogP contribution < -0.4 is 4.74 Å². The third kappa shape index (κ3) is 1.58. The second-order valence-corrected chi connectivity index (χ2v) is 4.49. The molecule has 2 nitrogen and oxygen atoms in total. The number of benzene rings is 1. The molecule has 1 aromatic carbocycles. The monoisotopic (exact) mass is 242 g/mol. The van der Waals surface area contributed by atoms with Crippen LogP contribution in [-0.4, -0.2) is 16.5 Å². The first-order valence-electron chi connectivity index (χ1n) is 4.24. The van der Waals surface area contributed by atoms with Crippen molar-refractivity contribution in [1.82, 2.24) is 0 Å². The van der Waals surface area contributed by atoms with Gasteiger partial charge in [0.1, 0.15) is 12.4 Å². The summed E-state index contributed by atoms with van der Waals surface area (Å²) in [5, 5.41) is 9.83. The molecule has 0 spiro atoms. The molecule has 0 unspecified atom stereocenters. The van der Waals surface area contributed by atoms with Crippen LogP contribution >= 0.6 is 15.9 Å². The second-order valence-electron chi connectivity index (χ2n) is 3.31. The van der Waals surface area contributed by atoms with E-state index in [1.165, 1.54) is 0 Å². The minimum Gasteiger partial charge on any atom is -0.492 e. The third-order valence-corrected chi connectivity index (χ3v) is 2.99. The summed E-state index contributed by atoms with van der Waals surface area (Å²) in [6.07, 6.45) is -0.455. The summed E-state index contributed by atoms with van der Waals surface area (Å²) in [6, 6.07) is 5.86. The molecule has 70 valence electrons. The average Bonchev–Trinajstić information content (AvgIpc) is 2.12. The van der Waals surface area contributed by atoms with Gasteiger partial charge in [-0.25, -0.2) is 0 Å². The lowest BCUT2D eigenvalue weighted by molar-refractivity contribution is 0.125. The predicted molar refractivity (Wildman–Crippen MR) is 54.3 cm³/mol. The number of hydrogen-bond acceptors (Lipinski definition) is 2. The SMILES string of the molecule is Cc1ccc2c(c1)[C@H](O)[C@H](Br)CO2. The molecule has 0 saturated carbocycles. The zero-order valence-corrected chi connectivity index (χ0v) is 8.91. The fourth-order valence-corrected chi connectivity index (χ4v) is 1.90. The number of aryl methyl sites for hydroxylation is 1. The van der Waals surface area contributed by atoms with E-state index in [2.05, 4.69) is 15.9 Å². The van der Waals surface area contributed by atoms with Gasteiger partial charge in [-0.3, -0.25) is 0 Å². The zero-order valence-electron chi connectivity index (χ0n) is 7.33. The molecule has 0 saturated heterocycles. The zero-order chi connectivity index (χ0) is 9.42. The Morgan fingerprint density at radius 3 is 3.08 bits per heavy atom. The molecule has 1 aliphatic rings. The van der Waals surface area contributed by atoms with Crippen LogP contribution in [-0.2, 0) is 0 Å². The van der Waals surface area contributed by atoms with Crippen molar-refractivity contribution < 1.29 is 9.84 Å². The van der Waals surface area contributed by atoms with E-state index in [0.717, 1.165) is 16.9 Å². The Balaban J connectivity index is 2.45. The van der Waals surface area contributed by atoms with Gasteiger partial charge in [-0.05, 0) is 19.1 Å². The van der Waals surface area contributed by atoms with Crippen molar-refractivity contribution in [2.24, 2.45) is 0 Å². The lowest BCUT2D eigenvalue weighted by atomic mass is 10.0. The molecule has 1 heterocycles. The van der Waals surface area contributed by atoms with Crippen LogP contribution in [0.4, 0.5) is 0 Å². The van der Waals surface area contributed by atoms with Gasteiger partial charge in [-0.15, -0.1) is 0 Å². The van der Waals surface area contributed by atoms with Crippen LogP contribution in [0, 0.1) is 6.92 Å². The quantitative estimate of drug-likeness (QED) is 0.707. The molecular weight excluding hydrogens is 232 g/mol. The minimum absolute atomic E-state index is 0.00167. The molecule has 0 aliphatic carbocycles. The molecule has 2 atom stereocenters. The summed E-state index contributed by atoms with van der Waals surface area (Å²) in [6.45, 7) is 2.53. The molecule has 2 rings (SSSR count). The number of aliphatic hydroxyl groups is 1. The first kappa shape index (κ1) is 9.03. The van der Waals surface area contributed by atoms with Crippen LogP contribution in [0.3, 0.4) is 0 Å². The topological polar surface area (TPSA) is 29.5 Å². The van der Waals surface area contributed by atoms with Gasteiger partial charge in [0.2, 0.25) is 0 Å². The Labute approximate surface area is 85.7 Å². The molecule has 1 aromatic rings. The van der Waals surface area contributed by atoms with Crippen LogP contribution in [0.5, 0.6) is 5.75 Å². The molecule has 0 bridgehead atoms. The van der Waals surface area contributed by atoms with Gasteiger partial charge in [0.25, 0.3) is 0 Å². The smallest absolute Gasteiger partial charge is 0.125 e. The van der Waals surface area contributed by atoms with Crippen LogP contribution in [0.15, 0.2) is 18.2 Å². The van der Waals surface area contributed by atoms with Gasteiger partial charge in [-0.2, -0.15) is 0 Å². The number of fused-ring (bicyclic) bond motifs is 1. The number of aliphatic hydroxyl groups excluding tert-OH is 1. The number of rotatable bonds is 0. The maximum absolute atomic E-state index is 9.83. The fourth-order valence-electron chi connectivity index (χ4n) is 1.49. The van der Waals surface area contributed by atoms with Crippen molar-refractivity contribution in [3.63, 3.8) is 0 Å². The van der Waals surface area contributed by atoms with Crippen molar-refractivity contribution in [3.8, 4) is 5.75 Å². The summed E-state index contributed by atoms with van der Waals surface area (Å²) in [4.78, 5) is 0.00167. The Kier molecular flexibility index (Phi) is 2.30. The summed E-state index contributed by atoms with van der Waals surface area (Å²) in [5.74, 6) is 0.800. The minimum atomic E-state index is -0.455. The van der Waals surface area contributed by atoms with E-state index in [-0.39, 0.29) is 4.83 Å². The van der Waals surface area contributed by atoms with Gasteiger partial charge in [-0.1, -0.05) is 27.6 Å². The van der Waals surface area contributed by atoms with E-state index in [1.54, 1.807) is 0 Å². The number of ether oxygens (including phenoxy) is 1. The number of halogens is 1. The van der Waals surface area contributed by atoms with E-state index in [1.807, 2.05) is 25.1 Å². The molecule has 3 heteroatoms. The van der Waals surface area contributed by atoms with Crippen molar-refractivity contribution in [1.29, 1.82) is 0 Å². The van der Waals surface area contributed by atoms with Crippen LogP contribution in [0.25, 0.3) is 0 Å². The second kappa shape index (κ2) is 3.31. The van der Waals surface area contributed by atoms with Crippen molar-refractivity contribution in [2.45, 2.75) is 17.9 Å². The van der Waals surface area contributed by atoms with Gasteiger partial charge in [0.05, 0.1) is 10.9 Å². The highest BCUT2D eigenvalue weighted by atomic mass is 79.9. The fraction of sp³-hybridized carbons (Fsp3) is 0.400. The predicted octanol–water partition coefficient (Wildman–Crippen LogP) is 2.18. The van der Waals surface area contributed by atoms with Crippen LogP contribution in [0.2, 0.25) is 0 Å². The maximum Gasteiger partial charge on any atom is 0.125 e. The summed E-state index contributed by atoms with van der Waals surface area (Å²) in [7, 11) is 0. The van der Waals surface area contributed by atoms with Gasteiger partial charge in [0.15, 0.2) is 0 Å². The summed E-state index contributed by atoms with van der Waals surface area (Å²) < 4.78 is 5.45. The highest BCUT2D eigenvalue weighted by molar-refractivity contribution is 9.09. The van der Waals surface area contributed by atoms with E-state index < -0.39 is 6.10 Å². The Morgan fingerprint density at radius 1 is 1.54 bits per heavy atom. The number of hydrogen-bond donors (Lipinski definition) is 1. The normalized spacial score (nSPS) is 26.4. The van der Waals surface area contributed by atoms with E-state index in [0.29, 0.717) is 6.61 Å². The van der Waals surface area contributed by atoms with Crippen molar-refractivity contribution >= 4 is 15.9 Å². The van der Waals surface area contributed by atoms with Crippen molar-refractivity contribution in [3.05, 3.63) is 29.3 Å². The first-order valence-corrected chi connectivity index (χ1v) is 5.15. The van der Waals surface area contributed by atoms with Crippen molar-refractivity contribution in [2.75, 3.05) is 6.61 Å². The standard InChI is InChI=1S/C10H11BrO2/c1-6-2-3-9-7(4-6)10(12)8(11)5-13-9/h2-4,8,10,12H,5H2,1H3/t8-,10+/m1/s1. The van der Waals surface area contributed by atoms with Crippen LogP contribution in [0.1, 0.15) is 17.2 Å². The molecule has 1 aliphatic heterocycles. The average molecular weight is 243 g/mol. The highest BCUT2D eigenvalue weighted by Gasteiger charge is 2.26. The van der Waals surface area contributed by atoms with Gasteiger partial charge >= 0.3 is 0 Å². The molecular formula is C10H11BrO2. The molecule has 1 N–H and O–H groups in total. The number of alkyl halides is 1. The van der Waals surface area contributed by atoms with Gasteiger partial charge in [0, 0.05) is 5.56 Å². The third-order valence-electron chi connectivity index (χ3n) is 2.22. The van der Waals surface area contributed by atoms with E-state index in [9.17, 15) is 5.11 Å². The summed E-state index contributed by atoms with van der Waals surface area (Å²) in [5.41, 5.74) is 2.02. The summed E-state index contributed by atoms with van der Waals surface area (Å²) >= 11 is 3.37. The molecule has 0 aromatic heterocycles. The molecule has 0 radical (unpaired) electrons. The largest absolute Gasteiger partial charge is 0.492 e. The lowest BCUT2D eigenvalue weighted by Gasteiger charge is -2.26. The molecule has 13 heavy (non-hydrogen) atoms. The Hall–Kier alpha value is -0.540. The molecule has 0 amide bonds. The Morgan fingerprint density at radius 2 is 2.31 bits per heavy atom. The first-order chi connectivity index (χ1) is 6.18. The Bertz CT molecular complexity index is 325. The highest BCUT2D eigenvalue weighted by Crippen LogP contribution is 2.35. The van der Waals surface area contributed by atoms with E-state index >= 15 is 0 Å². The van der Waals surface area contributed by atoms with Gasteiger partial charge < -0.3 is 9.84 Å².